The van der Waals surface area contributed by atoms with E-state index < -0.39 is 20.0 Å². The summed E-state index contributed by atoms with van der Waals surface area (Å²) in [6.45, 7) is 6.08. The lowest BCUT2D eigenvalue weighted by Crippen LogP contribution is -2.35. The van der Waals surface area contributed by atoms with Crippen molar-refractivity contribution in [3.05, 3.63) is 12.7 Å². The van der Waals surface area contributed by atoms with E-state index in [1.807, 2.05) is 6.08 Å². The van der Waals surface area contributed by atoms with E-state index in [-0.39, 0.29) is 19.8 Å². The molecule has 0 spiro atoms. The third kappa shape index (κ3) is 15.3. The molecule has 0 amide bonds. The Hall–Kier alpha value is -0.270. The molecule has 0 saturated heterocycles. The first-order valence-corrected chi connectivity index (χ1v) is 11.7. The number of phosphoric ester groups is 1. The highest BCUT2D eigenvalue weighted by atomic mass is 31.2. The number of allylic oxidation sites excluding steroid dienone is 1. The van der Waals surface area contributed by atoms with Crippen LogP contribution in [0.2, 0.25) is 0 Å². The standard InChI is InChI=1S/C19H40NO6P/c1-3-5-7-9-10-11-13-18(26-27(22,23)25-16-14-20)19(17-21)24-15-12-8-6-4-2/h4,18-19,21H,2-3,5-17,20H2,1H3,(H,22,23)/t18-,19+/m1/s1. The second kappa shape index (κ2) is 17.8. The lowest BCUT2D eigenvalue weighted by Gasteiger charge is -2.27. The summed E-state index contributed by atoms with van der Waals surface area (Å²) in [4.78, 5) is 9.88. The first-order chi connectivity index (χ1) is 13.0. The minimum absolute atomic E-state index is 0.0658. The highest BCUT2D eigenvalue weighted by molar-refractivity contribution is 7.47. The fourth-order valence-corrected chi connectivity index (χ4v) is 3.69. The molecular formula is C19H40NO6P. The molecule has 7 nitrogen and oxygen atoms in total. The van der Waals surface area contributed by atoms with Gasteiger partial charge in [-0.1, -0.05) is 51.5 Å². The molecule has 0 fully saturated rings. The molecule has 0 aromatic carbocycles. The van der Waals surface area contributed by atoms with Crippen LogP contribution < -0.4 is 5.73 Å². The van der Waals surface area contributed by atoms with Crippen LogP contribution in [-0.2, 0) is 18.3 Å². The van der Waals surface area contributed by atoms with Gasteiger partial charge in [-0.15, -0.1) is 6.58 Å². The number of ether oxygens (including phenoxy) is 1. The Bertz CT molecular complexity index is 396. The topological polar surface area (TPSA) is 111 Å². The summed E-state index contributed by atoms with van der Waals surface area (Å²) < 4.78 is 28.0. The van der Waals surface area contributed by atoms with Crippen molar-refractivity contribution in [2.45, 2.75) is 83.3 Å². The zero-order valence-electron chi connectivity index (χ0n) is 16.9. The summed E-state index contributed by atoms with van der Waals surface area (Å²) >= 11 is 0. The first kappa shape index (κ1) is 26.7. The SMILES string of the molecule is C=CCCCCO[C@@H](CO)[C@@H](CCCCCCCC)OP(=O)(O)OCCN. The van der Waals surface area contributed by atoms with Gasteiger partial charge in [-0.25, -0.2) is 4.57 Å². The van der Waals surface area contributed by atoms with Crippen molar-refractivity contribution in [1.82, 2.24) is 0 Å². The van der Waals surface area contributed by atoms with E-state index in [0.717, 1.165) is 38.5 Å². The number of hydrogen-bond acceptors (Lipinski definition) is 6. The van der Waals surface area contributed by atoms with Crippen LogP contribution in [-0.4, -0.2) is 48.6 Å². The second-order valence-corrected chi connectivity index (χ2v) is 8.07. The van der Waals surface area contributed by atoms with Crippen molar-refractivity contribution < 1.29 is 28.3 Å². The summed E-state index contributed by atoms with van der Waals surface area (Å²) in [5.41, 5.74) is 5.31. The van der Waals surface area contributed by atoms with Crippen molar-refractivity contribution in [3.8, 4) is 0 Å². The van der Waals surface area contributed by atoms with Gasteiger partial charge < -0.3 is 20.5 Å². The van der Waals surface area contributed by atoms with Gasteiger partial charge in [0.1, 0.15) is 6.10 Å². The fraction of sp³-hybridized carbons (Fsp3) is 0.895. The second-order valence-electron chi connectivity index (χ2n) is 6.67. The molecule has 0 heterocycles. The third-order valence-electron chi connectivity index (χ3n) is 4.21. The van der Waals surface area contributed by atoms with Crippen molar-refractivity contribution in [2.75, 3.05) is 26.4 Å². The van der Waals surface area contributed by atoms with E-state index in [1.54, 1.807) is 0 Å². The normalized spacial score (nSPS) is 16.0. The number of phosphoric acid groups is 1. The monoisotopic (exact) mass is 409 g/mol. The highest BCUT2D eigenvalue weighted by Crippen LogP contribution is 2.45. The summed E-state index contributed by atoms with van der Waals surface area (Å²) in [5, 5.41) is 9.69. The molecular weight excluding hydrogens is 369 g/mol. The van der Waals surface area contributed by atoms with E-state index in [4.69, 9.17) is 19.5 Å². The predicted molar refractivity (Wildman–Crippen MR) is 109 cm³/mol. The molecule has 0 aromatic rings. The quantitative estimate of drug-likeness (QED) is 0.159. The van der Waals surface area contributed by atoms with Gasteiger partial charge in [-0.3, -0.25) is 9.05 Å². The molecule has 1 unspecified atom stereocenters. The van der Waals surface area contributed by atoms with E-state index in [0.29, 0.717) is 13.0 Å². The third-order valence-corrected chi connectivity index (χ3v) is 5.26. The number of hydrogen-bond donors (Lipinski definition) is 3. The number of aliphatic hydroxyl groups excluding tert-OH is 1. The van der Waals surface area contributed by atoms with Crippen LogP contribution in [0.15, 0.2) is 12.7 Å². The molecule has 0 aliphatic heterocycles. The van der Waals surface area contributed by atoms with Crippen LogP contribution in [0.4, 0.5) is 0 Å². The average Bonchev–Trinajstić information content (AvgIpc) is 2.65. The van der Waals surface area contributed by atoms with Crippen LogP contribution in [0.25, 0.3) is 0 Å². The summed E-state index contributed by atoms with van der Waals surface area (Å²) in [7, 11) is -4.23. The van der Waals surface area contributed by atoms with Crippen molar-refractivity contribution in [1.29, 1.82) is 0 Å². The Morgan fingerprint density at radius 3 is 2.41 bits per heavy atom. The van der Waals surface area contributed by atoms with Crippen molar-refractivity contribution in [3.63, 3.8) is 0 Å². The highest BCUT2D eigenvalue weighted by Gasteiger charge is 2.31. The van der Waals surface area contributed by atoms with Crippen LogP contribution >= 0.6 is 7.82 Å². The van der Waals surface area contributed by atoms with Gasteiger partial charge in [0.2, 0.25) is 0 Å². The molecule has 0 aromatic heterocycles. The lowest BCUT2D eigenvalue weighted by molar-refractivity contribution is -0.0666. The Kier molecular flexibility index (Phi) is 17.6. The maximum atomic E-state index is 12.1. The van der Waals surface area contributed by atoms with Gasteiger partial charge >= 0.3 is 7.82 Å². The van der Waals surface area contributed by atoms with Crippen LogP contribution in [0.3, 0.4) is 0 Å². The molecule has 0 rings (SSSR count). The zero-order valence-corrected chi connectivity index (χ0v) is 17.8. The Balaban J connectivity index is 4.60. The maximum Gasteiger partial charge on any atom is 0.472 e. The summed E-state index contributed by atoms with van der Waals surface area (Å²) in [5.74, 6) is 0. The molecule has 0 bridgehead atoms. The average molecular weight is 410 g/mol. The first-order valence-electron chi connectivity index (χ1n) is 10.2. The van der Waals surface area contributed by atoms with E-state index in [2.05, 4.69) is 13.5 Å². The predicted octanol–water partition coefficient (Wildman–Crippen LogP) is 3.93. The van der Waals surface area contributed by atoms with Crippen LogP contribution in [0.5, 0.6) is 0 Å². The zero-order chi connectivity index (χ0) is 20.4. The molecule has 27 heavy (non-hydrogen) atoms. The lowest BCUT2D eigenvalue weighted by atomic mass is 10.0. The summed E-state index contributed by atoms with van der Waals surface area (Å²) in [6, 6.07) is 0. The van der Waals surface area contributed by atoms with Crippen LogP contribution in [0.1, 0.15) is 71.1 Å². The Morgan fingerprint density at radius 1 is 1.07 bits per heavy atom. The van der Waals surface area contributed by atoms with Gasteiger partial charge in [0, 0.05) is 13.2 Å². The molecule has 4 N–H and O–H groups in total. The maximum absolute atomic E-state index is 12.1. The van der Waals surface area contributed by atoms with Gasteiger partial charge in [-0.05, 0) is 25.7 Å². The molecule has 0 aliphatic rings. The van der Waals surface area contributed by atoms with Gasteiger partial charge in [0.15, 0.2) is 0 Å². The minimum atomic E-state index is -4.23. The molecule has 0 radical (unpaired) electrons. The number of aliphatic hydroxyl groups is 1. The van der Waals surface area contributed by atoms with Gasteiger partial charge in [0.05, 0.1) is 19.3 Å². The minimum Gasteiger partial charge on any atom is -0.394 e. The van der Waals surface area contributed by atoms with Gasteiger partial charge in [0.25, 0.3) is 0 Å². The molecule has 0 aliphatic carbocycles. The Morgan fingerprint density at radius 2 is 1.78 bits per heavy atom. The number of rotatable bonds is 20. The smallest absolute Gasteiger partial charge is 0.394 e. The van der Waals surface area contributed by atoms with E-state index in [9.17, 15) is 14.6 Å². The Labute approximate surface area is 164 Å². The van der Waals surface area contributed by atoms with E-state index >= 15 is 0 Å². The molecule has 0 saturated carbocycles. The molecule has 162 valence electrons. The number of unbranched alkanes of at least 4 members (excludes halogenated alkanes) is 7. The summed E-state index contributed by atoms with van der Waals surface area (Å²) in [6.07, 6.45) is 10.2. The van der Waals surface area contributed by atoms with E-state index in [1.165, 1.54) is 19.3 Å². The number of nitrogens with two attached hydrogens (primary N) is 1. The molecule has 3 atom stereocenters. The van der Waals surface area contributed by atoms with Gasteiger partial charge in [-0.2, -0.15) is 0 Å². The fourth-order valence-electron chi connectivity index (χ4n) is 2.70. The molecule has 8 heteroatoms. The largest absolute Gasteiger partial charge is 0.472 e. The van der Waals surface area contributed by atoms with Crippen molar-refractivity contribution in [2.24, 2.45) is 5.73 Å². The van der Waals surface area contributed by atoms with Crippen molar-refractivity contribution >= 4 is 7.82 Å². The van der Waals surface area contributed by atoms with Crippen LogP contribution in [0, 0.1) is 0 Å².